The van der Waals surface area contributed by atoms with E-state index in [-0.39, 0.29) is 18.6 Å². The zero-order chi connectivity index (χ0) is 13.1. The first-order valence-corrected chi connectivity index (χ1v) is 6.79. The number of amides is 1. The molecular formula is C13H15BrFNO2. The number of carbonyl (C=O) groups excluding carboxylic acids is 1. The van der Waals surface area contributed by atoms with E-state index in [1.807, 2.05) is 0 Å². The fourth-order valence-corrected chi connectivity index (χ4v) is 2.30. The van der Waals surface area contributed by atoms with Crippen LogP contribution in [0.25, 0.3) is 0 Å². The van der Waals surface area contributed by atoms with E-state index >= 15 is 0 Å². The largest absolute Gasteiger partial charge is 0.395 e. The molecule has 0 unspecified atom stereocenters. The maximum atomic E-state index is 13.4. The second kappa shape index (κ2) is 5.80. The second-order valence-corrected chi connectivity index (χ2v) is 5.29. The Morgan fingerprint density at radius 2 is 2.22 bits per heavy atom. The van der Waals surface area contributed by atoms with E-state index in [4.69, 9.17) is 5.11 Å². The molecule has 1 aliphatic rings. The van der Waals surface area contributed by atoms with Crippen molar-refractivity contribution in [3.05, 3.63) is 34.1 Å². The molecule has 2 rings (SSSR count). The number of hydrogen-bond acceptors (Lipinski definition) is 2. The molecule has 0 radical (unpaired) electrons. The van der Waals surface area contributed by atoms with Gasteiger partial charge in [-0.25, -0.2) is 4.39 Å². The van der Waals surface area contributed by atoms with Gasteiger partial charge in [0, 0.05) is 18.2 Å². The van der Waals surface area contributed by atoms with Crippen LogP contribution in [0, 0.1) is 5.82 Å². The SMILES string of the molecule is O=C(c1ccc(Br)c(F)c1)N(CCO)C1CCC1. The lowest BCUT2D eigenvalue weighted by atomic mass is 9.91. The predicted octanol–water partition coefficient (Wildman–Crippen LogP) is 2.58. The van der Waals surface area contributed by atoms with Crippen LogP contribution in [0.4, 0.5) is 4.39 Å². The Morgan fingerprint density at radius 1 is 1.50 bits per heavy atom. The van der Waals surface area contributed by atoms with Crippen LogP contribution in [-0.4, -0.2) is 35.1 Å². The Bertz CT molecular complexity index is 449. The third-order valence-electron chi connectivity index (χ3n) is 3.28. The van der Waals surface area contributed by atoms with E-state index < -0.39 is 5.82 Å². The fraction of sp³-hybridized carbons (Fsp3) is 0.462. The van der Waals surface area contributed by atoms with E-state index in [1.54, 1.807) is 11.0 Å². The minimum Gasteiger partial charge on any atom is -0.395 e. The Hall–Kier alpha value is -0.940. The van der Waals surface area contributed by atoms with Gasteiger partial charge in [-0.15, -0.1) is 0 Å². The van der Waals surface area contributed by atoms with E-state index in [1.165, 1.54) is 12.1 Å². The van der Waals surface area contributed by atoms with Crippen LogP contribution >= 0.6 is 15.9 Å². The quantitative estimate of drug-likeness (QED) is 0.927. The van der Waals surface area contributed by atoms with Gasteiger partial charge >= 0.3 is 0 Å². The molecule has 1 aromatic carbocycles. The normalized spacial score (nSPS) is 15.3. The summed E-state index contributed by atoms with van der Waals surface area (Å²) in [6.45, 7) is 0.239. The topological polar surface area (TPSA) is 40.5 Å². The van der Waals surface area contributed by atoms with Gasteiger partial charge < -0.3 is 10.0 Å². The molecule has 0 spiro atoms. The van der Waals surface area contributed by atoms with E-state index in [2.05, 4.69) is 15.9 Å². The molecule has 1 aliphatic carbocycles. The van der Waals surface area contributed by atoms with Crippen molar-refractivity contribution >= 4 is 21.8 Å². The van der Waals surface area contributed by atoms with Gasteiger partial charge in [0.1, 0.15) is 5.82 Å². The highest BCUT2D eigenvalue weighted by Gasteiger charge is 2.29. The summed E-state index contributed by atoms with van der Waals surface area (Å²) < 4.78 is 13.8. The molecule has 3 nitrogen and oxygen atoms in total. The van der Waals surface area contributed by atoms with E-state index in [9.17, 15) is 9.18 Å². The molecule has 0 saturated heterocycles. The summed E-state index contributed by atoms with van der Waals surface area (Å²) in [7, 11) is 0. The summed E-state index contributed by atoms with van der Waals surface area (Å²) in [6.07, 6.45) is 3.03. The molecule has 1 amide bonds. The highest BCUT2D eigenvalue weighted by molar-refractivity contribution is 9.10. The number of benzene rings is 1. The fourth-order valence-electron chi connectivity index (χ4n) is 2.05. The number of hydrogen-bond donors (Lipinski definition) is 1. The molecule has 98 valence electrons. The number of carbonyl (C=O) groups is 1. The molecule has 0 heterocycles. The zero-order valence-corrected chi connectivity index (χ0v) is 11.5. The minimum atomic E-state index is -0.446. The van der Waals surface area contributed by atoms with Gasteiger partial charge in [0.15, 0.2) is 0 Å². The molecule has 5 heteroatoms. The maximum Gasteiger partial charge on any atom is 0.254 e. The van der Waals surface area contributed by atoms with Crippen LogP contribution in [-0.2, 0) is 0 Å². The first-order chi connectivity index (χ1) is 8.63. The smallest absolute Gasteiger partial charge is 0.254 e. The van der Waals surface area contributed by atoms with Crippen LogP contribution in [0.3, 0.4) is 0 Å². The van der Waals surface area contributed by atoms with Crippen molar-refractivity contribution in [3.63, 3.8) is 0 Å². The van der Waals surface area contributed by atoms with Gasteiger partial charge in [0.05, 0.1) is 11.1 Å². The summed E-state index contributed by atoms with van der Waals surface area (Å²) in [6, 6.07) is 4.55. The number of rotatable bonds is 4. The van der Waals surface area contributed by atoms with Crippen molar-refractivity contribution in [2.75, 3.05) is 13.2 Å². The summed E-state index contributed by atoms with van der Waals surface area (Å²) >= 11 is 3.06. The highest BCUT2D eigenvalue weighted by atomic mass is 79.9. The molecule has 0 atom stereocenters. The van der Waals surface area contributed by atoms with Gasteiger partial charge in [-0.05, 0) is 53.4 Å². The zero-order valence-electron chi connectivity index (χ0n) is 9.90. The lowest BCUT2D eigenvalue weighted by molar-refractivity contribution is 0.0525. The first kappa shape index (κ1) is 13.5. The van der Waals surface area contributed by atoms with Crippen molar-refractivity contribution in [1.82, 2.24) is 4.90 Å². The highest BCUT2D eigenvalue weighted by Crippen LogP contribution is 2.26. The van der Waals surface area contributed by atoms with Gasteiger partial charge in [-0.3, -0.25) is 4.79 Å². The van der Waals surface area contributed by atoms with E-state index in [0.29, 0.717) is 16.6 Å². The molecule has 1 aromatic rings. The standard InChI is InChI=1S/C13H15BrFNO2/c14-11-5-4-9(8-12(11)15)13(18)16(6-7-17)10-2-1-3-10/h4-5,8,10,17H,1-3,6-7H2. The average molecular weight is 316 g/mol. The van der Waals surface area contributed by atoms with Crippen LogP contribution in [0.5, 0.6) is 0 Å². The van der Waals surface area contributed by atoms with Crippen LogP contribution in [0.15, 0.2) is 22.7 Å². The van der Waals surface area contributed by atoms with E-state index in [0.717, 1.165) is 19.3 Å². The number of aliphatic hydroxyl groups is 1. The third kappa shape index (κ3) is 2.72. The van der Waals surface area contributed by atoms with Gasteiger partial charge in [0.25, 0.3) is 5.91 Å². The van der Waals surface area contributed by atoms with Gasteiger partial charge in [0.2, 0.25) is 0 Å². The summed E-state index contributed by atoms with van der Waals surface area (Å²) in [4.78, 5) is 13.9. The van der Waals surface area contributed by atoms with Crippen LogP contribution in [0.1, 0.15) is 29.6 Å². The molecule has 0 aromatic heterocycles. The lowest BCUT2D eigenvalue weighted by Crippen LogP contribution is -2.45. The summed E-state index contributed by atoms with van der Waals surface area (Å²) in [5, 5.41) is 9.02. The van der Waals surface area contributed by atoms with Crippen molar-refractivity contribution in [2.24, 2.45) is 0 Å². The van der Waals surface area contributed by atoms with Gasteiger partial charge in [-0.2, -0.15) is 0 Å². The van der Waals surface area contributed by atoms with Crippen LogP contribution in [0.2, 0.25) is 0 Å². The van der Waals surface area contributed by atoms with Crippen molar-refractivity contribution in [1.29, 1.82) is 0 Å². The first-order valence-electron chi connectivity index (χ1n) is 6.00. The average Bonchev–Trinajstić information content (AvgIpc) is 2.29. The Morgan fingerprint density at radius 3 is 2.72 bits per heavy atom. The second-order valence-electron chi connectivity index (χ2n) is 4.44. The predicted molar refractivity (Wildman–Crippen MR) is 69.9 cm³/mol. The maximum absolute atomic E-state index is 13.4. The molecule has 1 saturated carbocycles. The molecule has 0 aliphatic heterocycles. The van der Waals surface area contributed by atoms with Crippen LogP contribution < -0.4 is 0 Å². The number of halogens is 2. The third-order valence-corrected chi connectivity index (χ3v) is 3.93. The van der Waals surface area contributed by atoms with Crippen molar-refractivity contribution in [2.45, 2.75) is 25.3 Å². The Kier molecular flexibility index (Phi) is 4.35. The Labute approximate surface area is 114 Å². The number of nitrogens with zero attached hydrogens (tertiary/aromatic N) is 1. The molecule has 1 fully saturated rings. The molecule has 18 heavy (non-hydrogen) atoms. The number of aliphatic hydroxyl groups excluding tert-OH is 1. The van der Waals surface area contributed by atoms with Crippen molar-refractivity contribution in [3.8, 4) is 0 Å². The molecular weight excluding hydrogens is 301 g/mol. The minimum absolute atomic E-state index is 0.0682. The Balaban J connectivity index is 2.18. The van der Waals surface area contributed by atoms with Gasteiger partial charge in [-0.1, -0.05) is 0 Å². The lowest BCUT2D eigenvalue weighted by Gasteiger charge is -2.37. The molecule has 1 N–H and O–H groups in total. The van der Waals surface area contributed by atoms with Crippen molar-refractivity contribution < 1.29 is 14.3 Å². The monoisotopic (exact) mass is 315 g/mol. The molecule has 0 bridgehead atoms. The summed E-state index contributed by atoms with van der Waals surface area (Å²) in [5.41, 5.74) is 0.330. The summed E-state index contributed by atoms with van der Waals surface area (Å²) in [5.74, 6) is -0.654.